The van der Waals surface area contributed by atoms with Gasteiger partial charge in [0.25, 0.3) is 10.0 Å². The molecule has 0 aliphatic carbocycles. The number of anilines is 2. The molecule has 0 spiro atoms. The van der Waals surface area contributed by atoms with E-state index in [2.05, 4.69) is 25.8 Å². The third kappa shape index (κ3) is 2.77. The summed E-state index contributed by atoms with van der Waals surface area (Å²) in [5, 5.41) is 4.17. The van der Waals surface area contributed by atoms with Crippen molar-refractivity contribution in [2.45, 2.75) is 11.8 Å². The van der Waals surface area contributed by atoms with Gasteiger partial charge in [-0.05, 0) is 25.1 Å². The molecule has 0 bridgehead atoms. The van der Waals surface area contributed by atoms with Crippen molar-refractivity contribution < 1.29 is 8.42 Å². The predicted molar refractivity (Wildman–Crippen MR) is 82.3 cm³/mol. The SMILES string of the molecule is Cc1c(S(=O)(=O)Nc2ccc(Br)cc2Cl)c(N)nn1C. The maximum absolute atomic E-state index is 12.4. The minimum absolute atomic E-state index is 0.0426. The van der Waals surface area contributed by atoms with Crippen LogP contribution in [0.1, 0.15) is 5.69 Å². The van der Waals surface area contributed by atoms with Gasteiger partial charge in [-0.3, -0.25) is 9.40 Å². The highest BCUT2D eigenvalue weighted by atomic mass is 79.9. The highest BCUT2D eigenvalue weighted by molar-refractivity contribution is 9.10. The maximum atomic E-state index is 12.4. The third-order valence-corrected chi connectivity index (χ3v) is 5.09. The van der Waals surface area contributed by atoms with Gasteiger partial charge in [0.1, 0.15) is 0 Å². The molecule has 108 valence electrons. The Morgan fingerprint density at radius 2 is 2.10 bits per heavy atom. The molecule has 1 aromatic heterocycles. The van der Waals surface area contributed by atoms with Gasteiger partial charge in [-0.1, -0.05) is 27.5 Å². The molecule has 0 saturated carbocycles. The van der Waals surface area contributed by atoms with Crippen molar-refractivity contribution >= 4 is 49.1 Å². The molecule has 1 heterocycles. The zero-order valence-corrected chi connectivity index (χ0v) is 13.8. The fourth-order valence-corrected chi connectivity index (χ4v) is 3.90. The van der Waals surface area contributed by atoms with Crippen molar-refractivity contribution in [2.75, 3.05) is 10.5 Å². The van der Waals surface area contributed by atoms with E-state index in [9.17, 15) is 8.42 Å². The van der Waals surface area contributed by atoms with Crippen LogP contribution < -0.4 is 10.5 Å². The van der Waals surface area contributed by atoms with Crippen LogP contribution in [0.2, 0.25) is 5.02 Å². The van der Waals surface area contributed by atoms with Gasteiger partial charge in [-0.25, -0.2) is 8.42 Å². The van der Waals surface area contributed by atoms with Gasteiger partial charge in [0, 0.05) is 11.5 Å². The summed E-state index contributed by atoms with van der Waals surface area (Å²) in [5.41, 5.74) is 6.38. The van der Waals surface area contributed by atoms with Crippen molar-refractivity contribution in [1.82, 2.24) is 9.78 Å². The van der Waals surface area contributed by atoms with E-state index < -0.39 is 10.0 Å². The van der Waals surface area contributed by atoms with Crippen molar-refractivity contribution in [3.63, 3.8) is 0 Å². The molecular formula is C11H12BrClN4O2S. The van der Waals surface area contributed by atoms with Gasteiger partial charge in [0.05, 0.1) is 16.4 Å². The first kappa shape index (κ1) is 15.1. The first-order chi connectivity index (χ1) is 9.22. The van der Waals surface area contributed by atoms with Crippen molar-refractivity contribution in [2.24, 2.45) is 7.05 Å². The molecule has 9 heteroatoms. The minimum Gasteiger partial charge on any atom is -0.381 e. The lowest BCUT2D eigenvalue weighted by Gasteiger charge is -2.10. The number of aryl methyl sites for hydroxylation is 1. The number of aromatic nitrogens is 2. The van der Waals surface area contributed by atoms with E-state index in [1.54, 1.807) is 32.2 Å². The summed E-state index contributed by atoms with van der Waals surface area (Å²) >= 11 is 9.25. The summed E-state index contributed by atoms with van der Waals surface area (Å²) < 4.78 is 29.3. The second kappa shape index (κ2) is 5.27. The van der Waals surface area contributed by atoms with Crippen LogP contribution in [0.4, 0.5) is 11.5 Å². The standard InChI is InChI=1S/C11H12BrClN4O2S/c1-6-10(11(14)15-17(6)2)20(18,19)16-9-4-3-7(12)5-8(9)13/h3-5,16H,1-2H3,(H2,14,15). The maximum Gasteiger partial charge on any atom is 0.267 e. The van der Waals surface area contributed by atoms with Crippen molar-refractivity contribution in [1.29, 1.82) is 0 Å². The van der Waals surface area contributed by atoms with Crippen LogP contribution in [-0.2, 0) is 17.1 Å². The minimum atomic E-state index is -3.85. The van der Waals surface area contributed by atoms with Crippen LogP contribution in [0.15, 0.2) is 27.6 Å². The lowest BCUT2D eigenvalue weighted by molar-refractivity contribution is 0.600. The summed E-state index contributed by atoms with van der Waals surface area (Å²) in [4.78, 5) is -0.0426. The Morgan fingerprint density at radius 3 is 2.60 bits per heavy atom. The Morgan fingerprint density at radius 1 is 1.45 bits per heavy atom. The van der Waals surface area contributed by atoms with Crippen LogP contribution >= 0.6 is 27.5 Å². The third-order valence-electron chi connectivity index (χ3n) is 2.75. The second-order valence-corrected chi connectivity index (χ2v) is 7.10. The van der Waals surface area contributed by atoms with E-state index >= 15 is 0 Å². The molecule has 6 nitrogen and oxygen atoms in total. The topological polar surface area (TPSA) is 90.0 Å². The molecule has 0 amide bonds. The molecule has 0 radical (unpaired) electrons. The van der Waals surface area contributed by atoms with Crippen molar-refractivity contribution in [3.8, 4) is 0 Å². The first-order valence-corrected chi connectivity index (χ1v) is 8.14. The van der Waals surface area contributed by atoms with E-state index in [0.717, 1.165) is 4.47 Å². The summed E-state index contributed by atoms with van der Waals surface area (Å²) in [6, 6.07) is 4.84. The van der Waals surface area contributed by atoms with Gasteiger partial charge in [0.2, 0.25) is 0 Å². The largest absolute Gasteiger partial charge is 0.381 e. The number of rotatable bonds is 3. The van der Waals surface area contributed by atoms with Gasteiger partial charge in [-0.15, -0.1) is 0 Å². The van der Waals surface area contributed by atoms with E-state index in [4.69, 9.17) is 17.3 Å². The van der Waals surface area contributed by atoms with Gasteiger partial charge in [-0.2, -0.15) is 5.10 Å². The van der Waals surface area contributed by atoms with Crippen LogP contribution in [0.25, 0.3) is 0 Å². The fraction of sp³-hybridized carbons (Fsp3) is 0.182. The smallest absolute Gasteiger partial charge is 0.267 e. The first-order valence-electron chi connectivity index (χ1n) is 5.49. The normalized spacial score (nSPS) is 11.6. The molecule has 3 N–H and O–H groups in total. The van der Waals surface area contributed by atoms with Gasteiger partial charge < -0.3 is 5.73 Å². The van der Waals surface area contributed by atoms with E-state index in [1.807, 2.05) is 0 Å². The molecule has 2 rings (SSSR count). The molecule has 0 aliphatic heterocycles. The van der Waals surface area contributed by atoms with E-state index in [1.165, 1.54) is 4.68 Å². The summed E-state index contributed by atoms with van der Waals surface area (Å²) in [5.74, 6) is -0.0502. The summed E-state index contributed by atoms with van der Waals surface area (Å²) in [6.45, 7) is 1.63. The lowest BCUT2D eigenvalue weighted by Crippen LogP contribution is -2.15. The Kier molecular flexibility index (Phi) is 3.99. The predicted octanol–water partition coefficient (Wildman–Crippen LogP) is 2.53. The van der Waals surface area contributed by atoms with Crippen LogP contribution in [0.3, 0.4) is 0 Å². The van der Waals surface area contributed by atoms with Crippen LogP contribution in [0, 0.1) is 6.92 Å². The fourth-order valence-electron chi connectivity index (χ4n) is 1.71. The average Bonchev–Trinajstić information content (AvgIpc) is 2.57. The molecule has 0 saturated heterocycles. The highest BCUT2D eigenvalue weighted by Crippen LogP contribution is 2.29. The number of sulfonamides is 1. The second-order valence-electron chi connectivity index (χ2n) is 4.15. The quantitative estimate of drug-likeness (QED) is 0.857. The monoisotopic (exact) mass is 378 g/mol. The molecular weight excluding hydrogens is 368 g/mol. The number of hydrogen-bond acceptors (Lipinski definition) is 4. The number of hydrogen-bond donors (Lipinski definition) is 2. The van der Waals surface area contributed by atoms with Crippen LogP contribution in [0.5, 0.6) is 0 Å². The highest BCUT2D eigenvalue weighted by Gasteiger charge is 2.25. The molecule has 2 aromatic rings. The molecule has 0 aliphatic rings. The zero-order valence-electron chi connectivity index (χ0n) is 10.7. The Balaban J connectivity index is 2.46. The lowest BCUT2D eigenvalue weighted by atomic mass is 10.3. The number of nitrogens with zero attached hydrogens (tertiary/aromatic N) is 2. The Bertz CT molecular complexity index is 773. The summed E-state index contributed by atoms with van der Waals surface area (Å²) in [7, 11) is -2.22. The van der Waals surface area contributed by atoms with Crippen LogP contribution in [-0.4, -0.2) is 18.2 Å². The number of benzene rings is 1. The van der Waals surface area contributed by atoms with Gasteiger partial charge >= 0.3 is 0 Å². The van der Waals surface area contributed by atoms with Gasteiger partial charge in [0.15, 0.2) is 10.7 Å². The average molecular weight is 380 g/mol. The Hall–Kier alpha value is -1.25. The molecule has 20 heavy (non-hydrogen) atoms. The molecule has 0 atom stereocenters. The summed E-state index contributed by atoms with van der Waals surface area (Å²) in [6.07, 6.45) is 0. The van der Waals surface area contributed by atoms with E-state index in [0.29, 0.717) is 5.69 Å². The number of halogens is 2. The number of nitrogens with two attached hydrogens (primary N) is 1. The van der Waals surface area contributed by atoms with Crippen molar-refractivity contribution in [3.05, 3.63) is 33.4 Å². The molecule has 1 aromatic carbocycles. The zero-order chi connectivity index (χ0) is 15.1. The number of nitrogens with one attached hydrogen (secondary N) is 1. The van der Waals surface area contributed by atoms with E-state index in [-0.39, 0.29) is 21.4 Å². The number of nitrogen functional groups attached to an aromatic ring is 1. The molecule has 0 unspecified atom stereocenters. The molecule has 0 fully saturated rings. The Labute approximate surface area is 130 Å².